The molecule has 0 saturated carbocycles. The molecule has 0 radical (unpaired) electrons. The zero-order valence-electron chi connectivity index (χ0n) is 19.0. The second kappa shape index (κ2) is 10.8. The van der Waals surface area contributed by atoms with Gasteiger partial charge >= 0.3 is 0 Å². The number of methoxy groups -OCH3 is 1. The van der Waals surface area contributed by atoms with E-state index in [9.17, 15) is 9.59 Å². The number of hydrogen-bond acceptors (Lipinski definition) is 9. The maximum Gasteiger partial charge on any atom is 0.290 e. The van der Waals surface area contributed by atoms with Crippen LogP contribution in [0, 0.1) is 0 Å². The van der Waals surface area contributed by atoms with Gasteiger partial charge in [0.15, 0.2) is 0 Å². The maximum atomic E-state index is 13.3. The van der Waals surface area contributed by atoms with Gasteiger partial charge in [-0.05, 0) is 53.2 Å². The van der Waals surface area contributed by atoms with Crippen molar-refractivity contribution in [3.63, 3.8) is 0 Å². The molecule has 5 aromatic heterocycles. The number of carbonyl (C=O) groups is 1. The highest BCUT2D eigenvalue weighted by molar-refractivity contribution is 7.16. The molecule has 0 atom stereocenters. The first-order valence-corrected chi connectivity index (χ1v) is 13.8. The Labute approximate surface area is 223 Å². The number of carbonyl (C=O) groups excluding carboxylic acids is 1. The third-order valence-corrected chi connectivity index (χ3v) is 8.15. The second-order valence-corrected chi connectivity index (χ2v) is 11.1. The molecule has 8 nitrogen and oxygen atoms in total. The number of nitrogens with one attached hydrogen (secondary N) is 1. The van der Waals surface area contributed by atoms with Crippen molar-refractivity contribution in [3.05, 3.63) is 89.4 Å². The van der Waals surface area contributed by atoms with Crippen LogP contribution in [-0.4, -0.2) is 31.7 Å². The molecule has 5 rings (SSSR count). The molecule has 0 aliphatic heterocycles. The van der Waals surface area contributed by atoms with Crippen LogP contribution < -0.4 is 15.6 Å². The van der Waals surface area contributed by atoms with Crippen LogP contribution in [0.4, 0.5) is 5.82 Å². The van der Waals surface area contributed by atoms with Gasteiger partial charge in [-0.15, -0.1) is 22.7 Å². The summed E-state index contributed by atoms with van der Waals surface area (Å²) in [5.41, 5.74) is 1.81. The van der Waals surface area contributed by atoms with Crippen LogP contribution in [0.5, 0.6) is 5.75 Å². The van der Waals surface area contributed by atoms with Crippen molar-refractivity contribution >= 4 is 57.5 Å². The average molecular weight is 558 g/mol. The van der Waals surface area contributed by atoms with E-state index in [4.69, 9.17) is 16.3 Å². The SMILES string of the molecule is COc1ccc(=O)n(CCc2cnsc2)c1-c1cc(NCc2ccc(Cl)s2)n(C(=O)c2cccs2)n1. The molecule has 0 bridgehead atoms. The van der Waals surface area contributed by atoms with Crippen LogP contribution in [0.25, 0.3) is 11.4 Å². The van der Waals surface area contributed by atoms with E-state index in [0.717, 1.165) is 10.4 Å². The number of anilines is 1. The Hall–Kier alpha value is -3.25. The molecule has 184 valence electrons. The third kappa shape index (κ3) is 5.14. The van der Waals surface area contributed by atoms with Crippen molar-refractivity contribution in [1.82, 2.24) is 18.7 Å². The molecule has 0 aliphatic rings. The van der Waals surface area contributed by atoms with E-state index in [2.05, 4.69) is 14.8 Å². The molecule has 0 aromatic carbocycles. The van der Waals surface area contributed by atoms with E-state index >= 15 is 0 Å². The first kappa shape index (κ1) is 24.4. The van der Waals surface area contributed by atoms with E-state index < -0.39 is 0 Å². The lowest BCUT2D eigenvalue weighted by Crippen LogP contribution is -2.23. The summed E-state index contributed by atoms with van der Waals surface area (Å²) in [7, 11) is 1.55. The summed E-state index contributed by atoms with van der Waals surface area (Å²) in [6.45, 7) is 0.871. The molecule has 0 aliphatic carbocycles. The van der Waals surface area contributed by atoms with Crippen molar-refractivity contribution in [2.24, 2.45) is 0 Å². The Morgan fingerprint density at radius 3 is 2.81 bits per heavy atom. The number of aryl methyl sites for hydroxylation is 1. The Morgan fingerprint density at radius 1 is 1.22 bits per heavy atom. The van der Waals surface area contributed by atoms with Gasteiger partial charge in [0.2, 0.25) is 0 Å². The van der Waals surface area contributed by atoms with E-state index in [0.29, 0.717) is 51.7 Å². The lowest BCUT2D eigenvalue weighted by Gasteiger charge is -2.14. The third-order valence-electron chi connectivity index (χ3n) is 5.42. The summed E-state index contributed by atoms with van der Waals surface area (Å²) in [5, 5.41) is 11.7. The highest BCUT2D eigenvalue weighted by atomic mass is 35.5. The summed E-state index contributed by atoms with van der Waals surface area (Å²) >= 11 is 10.2. The number of thiophene rings is 2. The fourth-order valence-corrected chi connectivity index (χ4v) is 5.95. The van der Waals surface area contributed by atoms with Gasteiger partial charge in [-0.2, -0.15) is 9.78 Å². The van der Waals surface area contributed by atoms with Crippen LogP contribution in [0.3, 0.4) is 0 Å². The number of nitrogens with zero attached hydrogens (tertiary/aromatic N) is 4. The second-order valence-electron chi connectivity index (χ2n) is 7.69. The minimum Gasteiger partial charge on any atom is -0.494 e. The van der Waals surface area contributed by atoms with Crippen LogP contribution in [-0.2, 0) is 19.5 Å². The van der Waals surface area contributed by atoms with E-state index in [-0.39, 0.29) is 11.5 Å². The molecular weight excluding hydrogens is 538 g/mol. The summed E-state index contributed by atoms with van der Waals surface area (Å²) in [5.74, 6) is 0.721. The smallest absolute Gasteiger partial charge is 0.290 e. The zero-order valence-corrected chi connectivity index (χ0v) is 22.2. The van der Waals surface area contributed by atoms with Crippen molar-refractivity contribution in [2.45, 2.75) is 19.5 Å². The molecule has 0 saturated heterocycles. The quantitative estimate of drug-likeness (QED) is 0.257. The Morgan fingerprint density at radius 2 is 2.11 bits per heavy atom. The summed E-state index contributed by atoms with van der Waals surface area (Å²) in [6, 6.07) is 12.2. The summed E-state index contributed by atoms with van der Waals surface area (Å²) in [4.78, 5) is 27.8. The van der Waals surface area contributed by atoms with E-state index in [1.54, 1.807) is 36.1 Å². The zero-order chi connectivity index (χ0) is 25.1. The minimum absolute atomic E-state index is 0.184. The number of halogens is 1. The molecule has 0 spiro atoms. The highest BCUT2D eigenvalue weighted by Gasteiger charge is 2.22. The van der Waals surface area contributed by atoms with Crippen molar-refractivity contribution in [2.75, 3.05) is 12.4 Å². The lowest BCUT2D eigenvalue weighted by atomic mass is 10.2. The van der Waals surface area contributed by atoms with Gasteiger partial charge in [0.05, 0.1) is 22.9 Å². The van der Waals surface area contributed by atoms with Crippen LogP contribution in [0.15, 0.2) is 64.2 Å². The largest absolute Gasteiger partial charge is 0.494 e. The monoisotopic (exact) mass is 557 g/mol. The van der Waals surface area contributed by atoms with Crippen LogP contribution in [0.1, 0.15) is 20.1 Å². The normalized spacial score (nSPS) is 11.1. The van der Waals surface area contributed by atoms with E-state index in [1.165, 1.54) is 45.0 Å². The summed E-state index contributed by atoms with van der Waals surface area (Å²) in [6.07, 6.45) is 2.42. The highest BCUT2D eigenvalue weighted by Crippen LogP contribution is 2.31. The minimum atomic E-state index is -0.267. The number of aromatic nitrogens is 4. The Kier molecular flexibility index (Phi) is 7.33. The van der Waals surface area contributed by atoms with E-state index in [1.807, 2.05) is 29.0 Å². The van der Waals surface area contributed by atoms with Crippen molar-refractivity contribution in [1.29, 1.82) is 0 Å². The van der Waals surface area contributed by atoms with Gasteiger partial charge in [-0.25, -0.2) is 4.37 Å². The average Bonchev–Trinajstić information content (AvgIpc) is 3.69. The molecule has 12 heteroatoms. The molecule has 0 amide bonds. The molecule has 0 fully saturated rings. The van der Waals surface area contributed by atoms with Gasteiger partial charge in [-0.1, -0.05) is 17.7 Å². The molecule has 0 unspecified atom stereocenters. The van der Waals surface area contributed by atoms with Gasteiger partial charge in [-0.3, -0.25) is 9.59 Å². The standard InChI is InChI=1S/C24H20ClN5O3S3/c1-33-18-5-7-22(31)29(9-8-15-12-27-35-14-15)23(18)17-11-21(26-13-16-4-6-20(25)36-16)30(28-17)24(32)19-3-2-10-34-19/h2-7,10-12,14,26H,8-9,13H2,1H3. The first-order valence-electron chi connectivity index (χ1n) is 10.9. The molecule has 36 heavy (non-hydrogen) atoms. The molecule has 5 aromatic rings. The van der Waals surface area contributed by atoms with Crippen molar-refractivity contribution < 1.29 is 9.53 Å². The van der Waals surface area contributed by atoms with Gasteiger partial charge in [0, 0.05) is 35.1 Å². The van der Waals surface area contributed by atoms with Gasteiger partial charge < -0.3 is 14.6 Å². The van der Waals surface area contributed by atoms with Crippen molar-refractivity contribution in [3.8, 4) is 17.1 Å². The number of rotatable bonds is 9. The number of pyridine rings is 1. The Bertz CT molecular complexity index is 1540. The first-order chi connectivity index (χ1) is 17.5. The topological polar surface area (TPSA) is 91.0 Å². The fourth-order valence-electron chi connectivity index (χ4n) is 3.71. The summed E-state index contributed by atoms with van der Waals surface area (Å²) < 4.78 is 13.4. The molecule has 5 heterocycles. The number of hydrogen-bond donors (Lipinski definition) is 1. The molecule has 1 N–H and O–H groups in total. The van der Waals surface area contributed by atoms with Gasteiger partial charge in [0.1, 0.15) is 23.0 Å². The predicted octanol–water partition coefficient (Wildman–Crippen LogP) is 5.50. The van der Waals surface area contributed by atoms with Gasteiger partial charge in [0.25, 0.3) is 11.5 Å². The molecular formula is C24H20ClN5O3S3. The fraction of sp³-hybridized carbons (Fsp3) is 0.167. The maximum absolute atomic E-state index is 13.3. The lowest BCUT2D eigenvalue weighted by molar-refractivity contribution is 0.0952. The predicted molar refractivity (Wildman–Crippen MR) is 145 cm³/mol. The van der Waals surface area contributed by atoms with Crippen LogP contribution in [0.2, 0.25) is 4.34 Å². The van der Waals surface area contributed by atoms with Crippen LogP contribution >= 0.6 is 45.8 Å². The Balaban J connectivity index is 1.57. The number of ether oxygens (including phenoxy) is 1.